The Hall–Kier alpha value is -0.600. The second kappa shape index (κ2) is 5.15. The van der Waals surface area contributed by atoms with Gasteiger partial charge in [-0.05, 0) is 62.4 Å². The lowest BCUT2D eigenvalue weighted by atomic mass is 9.97. The van der Waals surface area contributed by atoms with E-state index in [1.54, 1.807) is 12.1 Å². The highest BCUT2D eigenvalue weighted by Gasteiger charge is 2.24. The van der Waals surface area contributed by atoms with Gasteiger partial charge in [-0.15, -0.1) is 0 Å². The largest absolute Gasteiger partial charge is 0.317 e. The predicted molar refractivity (Wildman–Crippen MR) is 65.3 cm³/mol. The van der Waals surface area contributed by atoms with Crippen molar-refractivity contribution < 1.29 is 4.39 Å². The van der Waals surface area contributed by atoms with Crippen LogP contribution in [-0.4, -0.2) is 13.1 Å². The van der Waals surface area contributed by atoms with Gasteiger partial charge in [0.1, 0.15) is 5.82 Å². The smallest absolute Gasteiger partial charge is 0.123 e. The van der Waals surface area contributed by atoms with E-state index in [4.69, 9.17) is 11.6 Å². The lowest BCUT2D eigenvalue weighted by Crippen LogP contribution is -2.21. The average molecular weight is 242 g/mol. The van der Waals surface area contributed by atoms with Gasteiger partial charge in [0, 0.05) is 11.1 Å². The zero-order valence-electron chi connectivity index (χ0n) is 9.47. The molecule has 1 aromatic carbocycles. The Labute approximate surface area is 101 Å². The molecule has 2 atom stereocenters. The summed E-state index contributed by atoms with van der Waals surface area (Å²) in [4.78, 5) is 0. The Kier molecular flexibility index (Phi) is 3.82. The molecular weight excluding hydrogens is 225 g/mol. The average Bonchev–Trinajstić information content (AvgIpc) is 2.71. The molecule has 0 aromatic heterocycles. The van der Waals surface area contributed by atoms with Crippen LogP contribution in [0.2, 0.25) is 5.02 Å². The number of rotatable bonds is 3. The summed E-state index contributed by atoms with van der Waals surface area (Å²) in [5.74, 6) is 0.444. The summed E-state index contributed by atoms with van der Waals surface area (Å²) in [7, 11) is 2.00. The Morgan fingerprint density at radius 2 is 2.25 bits per heavy atom. The fraction of sp³-hybridized carbons (Fsp3) is 0.538. The van der Waals surface area contributed by atoms with E-state index >= 15 is 0 Å². The highest BCUT2D eigenvalue weighted by molar-refractivity contribution is 6.31. The SMILES string of the molecule is CNC1CCC(Cc2cc(F)ccc2Cl)C1. The van der Waals surface area contributed by atoms with Gasteiger partial charge in [-0.2, -0.15) is 0 Å². The summed E-state index contributed by atoms with van der Waals surface area (Å²) in [6.45, 7) is 0. The third-order valence-electron chi connectivity index (χ3n) is 3.47. The van der Waals surface area contributed by atoms with Crippen LogP contribution in [0.4, 0.5) is 4.39 Å². The minimum absolute atomic E-state index is 0.192. The summed E-state index contributed by atoms with van der Waals surface area (Å²) >= 11 is 6.06. The normalized spacial score (nSPS) is 24.9. The van der Waals surface area contributed by atoms with Crippen LogP contribution in [0.1, 0.15) is 24.8 Å². The van der Waals surface area contributed by atoms with Crippen LogP contribution in [0.15, 0.2) is 18.2 Å². The van der Waals surface area contributed by atoms with E-state index in [9.17, 15) is 4.39 Å². The minimum Gasteiger partial charge on any atom is -0.317 e. The van der Waals surface area contributed by atoms with Gasteiger partial charge in [0.25, 0.3) is 0 Å². The van der Waals surface area contributed by atoms with Crippen molar-refractivity contribution in [1.29, 1.82) is 0 Å². The maximum Gasteiger partial charge on any atom is 0.123 e. The first kappa shape index (κ1) is 11.9. The van der Waals surface area contributed by atoms with Crippen molar-refractivity contribution in [1.82, 2.24) is 5.32 Å². The molecule has 0 amide bonds. The summed E-state index contributed by atoms with van der Waals surface area (Å²) in [5, 5.41) is 3.99. The molecule has 0 radical (unpaired) electrons. The zero-order chi connectivity index (χ0) is 11.5. The molecule has 0 heterocycles. The van der Waals surface area contributed by atoms with Gasteiger partial charge in [0.05, 0.1) is 0 Å². The van der Waals surface area contributed by atoms with E-state index in [0.717, 1.165) is 12.0 Å². The second-order valence-electron chi connectivity index (χ2n) is 4.60. The van der Waals surface area contributed by atoms with E-state index in [2.05, 4.69) is 5.32 Å². The molecule has 2 rings (SSSR count). The molecule has 1 fully saturated rings. The predicted octanol–water partition coefficient (Wildman–Crippen LogP) is 3.41. The number of hydrogen-bond donors (Lipinski definition) is 1. The lowest BCUT2D eigenvalue weighted by Gasteiger charge is -2.12. The summed E-state index contributed by atoms with van der Waals surface area (Å²) < 4.78 is 13.1. The van der Waals surface area contributed by atoms with E-state index in [-0.39, 0.29) is 5.82 Å². The van der Waals surface area contributed by atoms with Crippen molar-refractivity contribution in [2.24, 2.45) is 5.92 Å². The molecule has 2 unspecified atom stereocenters. The number of nitrogens with one attached hydrogen (secondary N) is 1. The van der Waals surface area contributed by atoms with Crippen molar-refractivity contribution in [2.75, 3.05) is 7.05 Å². The third kappa shape index (κ3) is 2.74. The molecule has 0 saturated heterocycles. The van der Waals surface area contributed by atoms with Crippen LogP contribution in [0, 0.1) is 11.7 Å². The molecule has 0 bridgehead atoms. The fourth-order valence-corrected chi connectivity index (χ4v) is 2.73. The van der Waals surface area contributed by atoms with Gasteiger partial charge < -0.3 is 5.32 Å². The molecule has 0 spiro atoms. The Balaban J connectivity index is 2.01. The van der Waals surface area contributed by atoms with Crippen molar-refractivity contribution in [3.05, 3.63) is 34.6 Å². The third-order valence-corrected chi connectivity index (χ3v) is 3.83. The van der Waals surface area contributed by atoms with Crippen LogP contribution in [-0.2, 0) is 6.42 Å². The first-order chi connectivity index (χ1) is 7.69. The van der Waals surface area contributed by atoms with Crippen LogP contribution >= 0.6 is 11.6 Å². The van der Waals surface area contributed by atoms with E-state index in [0.29, 0.717) is 17.0 Å². The van der Waals surface area contributed by atoms with E-state index in [1.807, 2.05) is 7.05 Å². The van der Waals surface area contributed by atoms with Crippen molar-refractivity contribution in [3.63, 3.8) is 0 Å². The van der Waals surface area contributed by atoms with Crippen LogP contribution < -0.4 is 5.32 Å². The van der Waals surface area contributed by atoms with Crippen LogP contribution in [0.5, 0.6) is 0 Å². The molecule has 1 aromatic rings. The molecule has 1 saturated carbocycles. The Bertz CT molecular complexity index is 367. The van der Waals surface area contributed by atoms with Crippen molar-refractivity contribution >= 4 is 11.6 Å². The standard InChI is InChI=1S/C13H17ClFN/c1-16-12-4-2-9(7-12)6-10-8-11(15)3-5-13(10)14/h3,5,8-9,12,16H,2,4,6-7H2,1H3. The molecule has 0 aliphatic heterocycles. The Morgan fingerprint density at radius 3 is 2.94 bits per heavy atom. The van der Waals surface area contributed by atoms with E-state index in [1.165, 1.54) is 25.3 Å². The van der Waals surface area contributed by atoms with Gasteiger partial charge >= 0.3 is 0 Å². The van der Waals surface area contributed by atoms with Gasteiger partial charge in [-0.3, -0.25) is 0 Å². The first-order valence-corrected chi connectivity index (χ1v) is 6.18. The second-order valence-corrected chi connectivity index (χ2v) is 5.01. The molecule has 1 aliphatic carbocycles. The summed E-state index contributed by atoms with van der Waals surface area (Å²) in [6.07, 6.45) is 4.49. The molecule has 88 valence electrons. The molecule has 1 aliphatic rings. The molecule has 16 heavy (non-hydrogen) atoms. The van der Waals surface area contributed by atoms with Gasteiger partial charge in [0.2, 0.25) is 0 Å². The topological polar surface area (TPSA) is 12.0 Å². The quantitative estimate of drug-likeness (QED) is 0.855. The monoisotopic (exact) mass is 241 g/mol. The maximum atomic E-state index is 13.1. The Morgan fingerprint density at radius 1 is 1.44 bits per heavy atom. The number of hydrogen-bond acceptors (Lipinski definition) is 1. The zero-order valence-corrected chi connectivity index (χ0v) is 10.2. The number of benzene rings is 1. The maximum absolute atomic E-state index is 13.1. The minimum atomic E-state index is -0.192. The van der Waals surface area contributed by atoms with Crippen molar-refractivity contribution in [3.8, 4) is 0 Å². The van der Waals surface area contributed by atoms with Crippen molar-refractivity contribution in [2.45, 2.75) is 31.7 Å². The molecule has 3 heteroatoms. The van der Waals surface area contributed by atoms with E-state index < -0.39 is 0 Å². The molecular formula is C13H17ClFN. The fourth-order valence-electron chi connectivity index (χ4n) is 2.53. The molecule has 1 N–H and O–H groups in total. The summed E-state index contributed by atoms with van der Waals surface area (Å²) in [5.41, 5.74) is 0.948. The highest BCUT2D eigenvalue weighted by atomic mass is 35.5. The van der Waals surface area contributed by atoms with Crippen LogP contribution in [0.25, 0.3) is 0 Å². The summed E-state index contributed by atoms with van der Waals surface area (Å²) in [6, 6.07) is 5.25. The van der Waals surface area contributed by atoms with Gasteiger partial charge in [-0.25, -0.2) is 4.39 Å². The van der Waals surface area contributed by atoms with Gasteiger partial charge in [-0.1, -0.05) is 11.6 Å². The first-order valence-electron chi connectivity index (χ1n) is 5.80. The van der Waals surface area contributed by atoms with Crippen LogP contribution in [0.3, 0.4) is 0 Å². The highest BCUT2D eigenvalue weighted by Crippen LogP contribution is 2.30. The number of halogens is 2. The molecule has 1 nitrogen and oxygen atoms in total. The lowest BCUT2D eigenvalue weighted by molar-refractivity contribution is 0.508. The van der Waals surface area contributed by atoms with Gasteiger partial charge in [0.15, 0.2) is 0 Å².